The van der Waals surface area contributed by atoms with E-state index >= 15 is 0 Å². The summed E-state index contributed by atoms with van der Waals surface area (Å²) in [6, 6.07) is 0.606. The van der Waals surface area contributed by atoms with Crippen LogP contribution in [0.5, 0.6) is 0 Å². The van der Waals surface area contributed by atoms with Gasteiger partial charge in [-0.3, -0.25) is 4.68 Å². The maximum Gasteiger partial charge on any atom is 0.153 e. The van der Waals surface area contributed by atoms with Crippen LogP contribution < -0.4 is 0 Å². The van der Waals surface area contributed by atoms with Gasteiger partial charge in [0.2, 0.25) is 0 Å². The van der Waals surface area contributed by atoms with Crippen LogP contribution in [0.4, 0.5) is 0 Å². The molecule has 3 rings (SSSR count). The van der Waals surface area contributed by atoms with E-state index in [4.69, 9.17) is 5.84 Å². The number of nitrogens with one attached hydrogen (secondary N) is 1. The van der Waals surface area contributed by atoms with Gasteiger partial charge in [0.25, 0.3) is 0 Å². The fourth-order valence-electron chi connectivity index (χ4n) is 3.59. The van der Waals surface area contributed by atoms with Gasteiger partial charge < -0.3 is 5.84 Å². The highest BCUT2D eigenvalue weighted by Gasteiger charge is 2.56. The molecular weight excluding hydrogens is 148 g/mol. The summed E-state index contributed by atoms with van der Waals surface area (Å²) in [7, 11) is 0. The van der Waals surface area contributed by atoms with E-state index in [1.807, 2.05) is 4.68 Å². The predicted octanol–water partition coefficient (Wildman–Crippen LogP) is 2.53. The Morgan fingerprint density at radius 2 is 2.25 bits per heavy atom. The predicted molar refractivity (Wildman–Crippen MR) is 48.1 cm³/mol. The fourth-order valence-corrected chi connectivity index (χ4v) is 3.59. The molecule has 0 saturated heterocycles. The summed E-state index contributed by atoms with van der Waals surface area (Å²) >= 11 is 0. The highest BCUT2D eigenvalue weighted by atomic mass is 15.4. The van der Waals surface area contributed by atoms with Crippen molar-refractivity contribution in [2.45, 2.75) is 51.0 Å². The second-order valence-corrected chi connectivity index (χ2v) is 4.74. The van der Waals surface area contributed by atoms with Crippen molar-refractivity contribution in [1.29, 1.82) is 0 Å². The Labute approximate surface area is 73.4 Å². The zero-order chi connectivity index (χ0) is 8.18. The van der Waals surface area contributed by atoms with Gasteiger partial charge in [-0.2, -0.15) is 0 Å². The molecule has 1 aliphatic heterocycles. The summed E-state index contributed by atoms with van der Waals surface area (Å²) in [6.45, 7) is 0. The molecule has 2 fully saturated rings. The van der Waals surface area contributed by atoms with Crippen LogP contribution in [0.1, 0.15) is 44.9 Å². The molecule has 12 heavy (non-hydrogen) atoms. The first-order chi connectivity index (χ1) is 5.82. The molecule has 2 bridgehead atoms. The summed E-state index contributed by atoms with van der Waals surface area (Å²) in [5.41, 5.74) is 2.01. The van der Waals surface area contributed by atoms with Crippen LogP contribution >= 0.6 is 0 Å². The Kier molecular flexibility index (Phi) is 1.18. The quantitative estimate of drug-likeness (QED) is 0.492. The standard InChI is InChI=1S/C10H16N2/c11-12-8-4-6-10(7-8)5-2-1-3-9(10)12/h9,11H,1-7H2. The molecule has 2 unspecified atom stereocenters. The van der Waals surface area contributed by atoms with E-state index < -0.39 is 0 Å². The minimum absolute atomic E-state index is 0.579. The molecule has 2 nitrogen and oxygen atoms in total. The van der Waals surface area contributed by atoms with Gasteiger partial charge in [-0.05, 0) is 19.3 Å². The average Bonchev–Trinajstić information content (AvgIpc) is 2.60. The van der Waals surface area contributed by atoms with Gasteiger partial charge in [0, 0.05) is 24.7 Å². The van der Waals surface area contributed by atoms with E-state index in [-0.39, 0.29) is 0 Å². The van der Waals surface area contributed by atoms with Crippen LogP contribution in [0.15, 0.2) is 0 Å². The number of nitrogens with zero attached hydrogens (tertiary/aromatic N) is 1. The van der Waals surface area contributed by atoms with E-state index in [0.717, 1.165) is 0 Å². The van der Waals surface area contributed by atoms with E-state index in [1.54, 1.807) is 0 Å². The molecule has 2 aliphatic carbocycles. The van der Waals surface area contributed by atoms with Crippen LogP contribution in [-0.4, -0.2) is 16.4 Å². The summed E-state index contributed by atoms with van der Waals surface area (Å²) in [5.74, 6) is 7.94. The van der Waals surface area contributed by atoms with E-state index in [1.165, 1.54) is 50.7 Å². The second-order valence-electron chi connectivity index (χ2n) is 4.74. The average molecular weight is 164 g/mol. The lowest BCUT2D eigenvalue weighted by Crippen LogP contribution is -2.39. The summed E-state index contributed by atoms with van der Waals surface area (Å²) in [4.78, 5) is 0. The summed E-state index contributed by atoms with van der Waals surface area (Å²) in [6.07, 6.45) is 9.33. The van der Waals surface area contributed by atoms with Gasteiger partial charge in [-0.15, -0.1) is 0 Å². The molecular formula is C10H16N2. The van der Waals surface area contributed by atoms with Crippen molar-refractivity contribution in [1.82, 2.24) is 0 Å². The Morgan fingerprint density at radius 3 is 3.08 bits per heavy atom. The Bertz CT molecular complexity index is 257. The lowest BCUT2D eigenvalue weighted by molar-refractivity contribution is -0.518. The summed E-state index contributed by atoms with van der Waals surface area (Å²) < 4.78 is 1.86. The molecule has 0 aromatic rings. The molecule has 66 valence electrons. The van der Waals surface area contributed by atoms with Crippen molar-refractivity contribution in [3.05, 3.63) is 5.84 Å². The van der Waals surface area contributed by atoms with E-state index in [2.05, 4.69) is 0 Å². The molecule has 0 amide bonds. The Balaban J connectivity index is 2.03. The molecule has 1 spiro atoms. The minimum atomic E-state index is 0.579. The van der Waals surface area contributed by atoms with Crippen molar-refractivity contribution in [3.8, 4) is 0 Å². The van der Waals surface area contributed by atoms with Gasteiger partial charge in [0.15, 0.2) is 6.04 Å². The van der Waals surface area contributed by atoms with Crippen molar-refractivity contribution in [2.24, 2.45) is 5.41 Å². The number of rotatable bonds is 0. The van der Waals surface area contributed by atoms with Crippen LogP contribution in [0, 0.1) is 5.41 Å². The van der Waals surface area contributed by atoms with E-state index in [9.17, 15) is 0 Å². The second kappa shape index (κ2) is 2.04. The lowest BCUT2D eigenvalue weighted by atomic mass is 9.70. The molecule has 0 radical (unpaired) electrons. The smallest absolute Gasteiger partial charge is 0.153 e. The SMILES string of the molecule is [NH-][N+]1=C2CCC3(CCCCC13)C2. The zero-order valence-electron chi connectivity index (χ0n) is 7.47. The van der Waals surface area contributed by atoms with Crippen molar-refractivity contribution in [3.63, 3.8) is 0 Å². The topological polar surface area (TPSA) is 26.8 Å². The molecule has 1 N–H and O–H groups in total. The van der Waals surface area contributed by atoms with Gasteiger partial charge in [0.1, 0.15) is 5.71 Å². The molecule has 0 aromatic carbocycles. The number of hydrogen-bond donors (Lipinski definition) is 0. The highest BCUT2D eigenvalue weighted by Crippen LogP contribution is 2.53. The first kappa shape index (κ1) is 6.93. The Hall–Kier alpha value is -0.530. The third-order valence-corrected chi connectivity index (χ3v) is 4.23. The maximum absolute atomic E-state index is 7.94. The molecule has 0 aromatic heterocycles. The molecule has 2 saturated carbocycles. The largest absolute Gasteiger partial charge is 0.454 e. The summed E-state index contributed by atoms with van der Waals surface area (Å²) in [5, 5.41) is 0. The van der Waals surface area contributed by atoms with Gasteiger partial charge >= 0.3 is 0 Å². The zero-order valence-corrected chi connectivity index (χ0v) is 7.47. The molecule has 2 atom stereocenters. The van der Waals surface area contributed by atoms with Gasteiger partial charge in [0.05, 0.1) is 0 Å². The van der Waals surface area contributed by atoms with Crippen LogP contribution in [-0.2, 0) is 0 Å². The normalized spacial score (nSPS) is 45.2. The minimum Gasteiger partial charge on any atom is -0.454 e. The lowest BCUT2D eigenvalue weighted by Gasteiger charge is -2.36. The Morgan fingerprint density at radius 1 is 1.33 bits per heavy atom. The maximum atomic E-state index is 7.94. The monoisotopic (exact) mass is 164 g/mol. The highest BCUT2D eigenvalue weighted by molar-refractivity contribution is 5.84. The molecule has 3 aliphatic rings. The van der Waals surface area contributed by atoms with Crippen LogP contribution in [0.25, 0.3) is 5.84 Å². The van der Waals surface area contributed by atoms with Crippen LogP contribution in [0.2, 0.25) is 0 Å². The molecule has 1 heterocycles. The van der Waals surface area contributed by atoms with Gasteiger partial charge in [-0.25, -0.2) is 0 Å². The fraction of sp³-hybridized carbons (Fsp3) is 0.900. The van der Waals surface area contributed by atoms with Crippen molar-refractivity contribution in [2.75, 3.05) is 0 Å². The number of fused-ring (bicyclic) bond motifs is 1. The van der Waals surface area contributed by atoms with Crippen LogP contribution in [0.3, 0.4) is 0 Å². The molecule has 2 heteroatoms. The van der Waals surface area contributed by atoms with Gasteiger partial charge in [-0.1, -0.05) is 6.42 Å². The number of hydrogen-bond acceptors (Lipinski definition) is 0. The third kappa shape index (κ3) is 0.644. The van der Waals surface area contributed by atoms with E-state index in [0.29, 0.717) is 11.5 Å². The first-order valence-corrected chi connectivity index (χ1v) is 5.17. The van der Waals surface area contributed by atoms with Crippen molar-refractivity contribution >= 4 is 5.71 Å². The third-order valence-electron chi connectivity index (χ3n) is 4.23. The first-order valence-electron chi connectivity index (χ1n) is 5.17. The van der Waals surface area contributed by atoms with Crippen molar-refractivity contribution < 1.29 is 4.68 Å².